The summed E-state index contributed by atoms with van der Waals surface area (Å²) in [5.41, 5.74) is 6.88. The number of nitrogens with two attached hydrogens (primary N) is 1. The van der Waals surface area contributed by atoms with Crippen LogP contribution >= 0.6 is 0 Å². The van der Waals surface area contributed by atoms with Gasteiger partial charge in [0.05, 0.1) is 6.61 Å². The summed E-state index contributed by atoms with van der Waals surface area (Å²) in [7, 11) is 0. The molecule has 0 bridgehead atoms. The Morgan fingerprint density at radius 1 is 1.53 bits per heavy atom. The van der Waals surface area contributed by atoms with Crippen molar-refractivity contribution in [3.05, 3.63) is 29.1 Å². The van der Waals surface area contributed by atoms with Gasteiger partial charge in [0.2, 0.25) is 0 Å². The van der Waals surface area contributed by atoms with Crippen LogP contribution in [0.1, 0.15) is 24.0 Å². The molecular weight excluding hydrogens is 197 g/mol. The molecule has 1 aromatic rings. The fourth-order valence-corrected chi connectivity index (χ4v) is 1.62. The first-order valence-corrected chi connectivity index (χ1v) is 4.95. The van der Waals surface area contributed by atoms with Crippen LogP contribution in [-0.2, 0) is 11.3 Å². The zero-order valence-electron chi connectivity index (χ0n) is 8.63. The summed E-state index contributed by atoms with van der Waals surface area (Å²) >= 11 is 0. The molecule has 0 radical (unpaired) electrons. The van der Waals surface area contributed by atoms with E-state index in [0.717, 1.165) is 5.56 Å². The summed E-state index contributed by atoms with van der Waals surface area (Å²) in [6, 6.07) is 3.20. The first kappa shape index (κ1) is 10.4. The lowest BCUT2D eigenvalue weighted by Gasteiger charge is -2.20. The highest BCUT2D eigenvalue weighted by molar-refractivity contribution is 5.40. The zero-order valence-corrected chi connectivity index (χ0v) is 8.63. The van der Waals surface area contributed by atoms with Crippen LogP contribution in [0.5, 0.6) is 5.75 Å². The Kier molecular flexibility index (Phi) is 2.88. The summed E-state index contributed by atoms with van der Waals surface area (Å²) in [6.07, 6.45) is 0. The molecule has 15 heavy (non-hydrogen) atoms. The van der Waals surface area contributed by atoms with Crippen molar-refractivity contribution in [1.82, 2.24) is 0 Å². The van der Waals surface area contributed by atoms with E-state index in [1.165, 1.54) is 6.07 Å². The lowest BCUT2D eigenvalue weighted by molar-refractivity contribution is -0.0166. The second kappa shape index (κ2) is 4.16. The molecule has 0 saturated carbocycles. The molecular formula is C11H14FNO2. The van der Waals surface area contributed by atoms with Gasteiger partial charge >= 0.3 is 0 Å². The van der Waals surface area contributed by atoms with Gasteiger partial charge in [-0.1, -0.05) is 6.92 Å². The van der Waals surface area contributed by atoms with Crippen LogP contribution in [0.2, 0.25) is 0 Å². The highest BCUT2D eigenvalue weighted by Crippen LogP contribution is 2.30. The molecule has 0 saturated heterocycles. The van der Waals surface area contributed by atoms with Gasteiger partial charge in [-0.2, -0.15) is 0 Å². The van der Waals surface area contributed by atoms with Crippen molar-refractivity contribution in [2.45, 2.75) is 19.4 Å². The SMILES string of the molecule is CC(CN)c1cc2c(cc1F)COCO2. The number of hydrogen-bond donors (Lipinski definition) is 1. The predicted octanol–water partition coefficient (Wildman–Crippen LogP) is 1.75. The molecule has 1 atom stereocenters. The van der Waals surface area contributed by atoms with Crippen molar-refractivity contribution in [3.63, 3.8) is 0 Å². The summed E-state index contributed by atoms with van der Waals surface area (Å²) in [5, 5.41) is 0. The molecule has 0 aromatic heterocycles. The van der Waals surface area contributed by atoms with Gasteiger partial charge in [0.1, 0.15) is 11.6 Å². The Bertz CT molecular complexity index is 368. The average molecular weight is 211 g/mol. The lowest BCUT2D eigenvalue weighted by atomic mass is 9.98. The monoisotopic (exact) mass is 211 g/mol. The normalized spacial score (nSPS) is 16.7. The van der Waals surface area contributed by atoms with E-state index in [-0.39, 0.29) is 18.5 Å². The number of halogens is 1. The smallest absolute Gasteiger partial charge is 0.189 e. The minimum atomic E-state index is -0.235. The first-order valence-electron chi connectivity index (χ1n) is 4.95. The molecule has 1 heterocycles. The quantitative estimate of drug-likeness (QED) is 0.810. The second-order valence-electron chi connectivity index (χ2n) is 3.73. The molecule has 1 aromatic carbocycles. The summed E-state index contributed by atoms with van der Waals surface area (Å²) in [6.45, 7) is 2.95. The van der Waals surface area contributed by atoms with E-state index in [4.69, 9.17) is 15.2 Å². The molecule has 0 fully saturated rings. The number of rotatable bonds is 2. The first-order chi connectivity index (χ1) is 7.22. The van der Waals surface area contributed by atoms with Gasteiger partial charge in [0.25, 0.3) is 0 Å². The van der Waals surface area contributed by atoms with Crippen molar-refractivity contribution in [1.29, 1.82) is 0 Å². The molecule has 1 aliphatic heterocycles. The highest BCUT2D eigenvalue weighted by Gasteiger charge is 2.17. The summed E-state index contributed by atoms with van der Waals surface area (Å²) < 4.78 is 24.0. The molecule has 82 valence electrons. The van der Waals surface area contributed by atoms with Gasteiger partial charge in [-0.25, -0.2) is 4.39 Å². The molecule has 0 aliphatic carbocycles. The van der Waals surface area contributed by atoms with Crippen molar-refractivity contribution in [2.75, 3.05) is 13.3 Å². The van der Waals surface area contributed by atoms with Crippen LogP contribution in [0.15, 0.2) is 12.1 Å². The fourth-order valence-electron chi connectivity index (χ4n) is 1.62. The largest absolute Gasteiger partial charge is 0.467 e. The number of ether oxygens (including phenoxy) is 2. The van der Waals surface area contributed by atoms with Crippen LogP contribution < -0.4 is 10.5 Å². The molecule has 2 rings (SSSR count). The van der Waals surface area contributed by atoms with E-state index in [0.29, 0.717) is 24.5 Å². The standard InChI is InChI=1S/C11H14FNO2/c1-7(4-13)9-3-11-8(2-10(9)12)5-14-6-15-11/h2-3,7H,4-6,13H2,1H3. The number of hydrogen-bond acceptors (Lipinski definition) is 3. The maximum absolute atomic E-state index is 13.6. The van der Waals surface area contributed by atoms with Gasteiger partial charge in [-0.3, -0.25) is 0 Å². The van der Waals surface area contributed by atoms with Crippen molar-refractivity contribution >= 4 is 0 Å². The van der Waals surface area contributed by atoms with E-state index >= 15 is 0 Å². The Balaban J connectivity index is 2.40. The van der Waals surface area contributed by atoms with Crippen molar-refractivity contribution < 1.29 is 13.9 Å². The third kappa shape index (κ3) is 1.96. The van der Waals surface area contributed by atoms with Gasteiger partial charge in [-0.15, -0.1) is 0 Å². The van der Waals surface area contributed by atoms with Crippen molar-refractivity contribution in [3.8, 4) is 5.75 Å². The summed E-state index contributed by atoms with van der Waals surface area (Å²) in [4.78, 5) is 0. The maximum Gasteiger partial charge on any atom is 0.189 e. The second-order valence-corrected chi connectivity index (χ2v) is 3.73. The van der Waals surface area contributed by atoms with E-state index in [2.05, 4.69) is 0 Å². The maximum atomic E-state index is 13.6. The Hall–Kier alpha value is -1.13. The predicted molar refractivity (Wildman–Crippen MR) is 54.2 cm³/mol. The lowest BCUT2D eigenvalue weighted by Crippen LogP contribution is -2.15. The molecule has 4 heteroatoms. The van der Waals surface area contributed by atoms with Gasteiger partial charge in [-0.05, 0) is 30.2 Å². The van der Waals surface area contributed by atoms with E-state index < -0.39 is 0 Å². The molecule has 1 unspecified atom stereocenters. The fraction of sp³-hybridized carbons (Fsp3) is 0.455. The third-order valence-corrected chi connectivity index (χ3v) is 2.62. The van der Waals surface area contributed by atoms with Crippen LogP contribution in [0.4, 0.5) is 4.39 Å². The zero-order chi connectivity index (χ0) is 10.8. The topological polar surface area (TPSA) is 44.5 Å². The van der Waals surface area contributed by atoms with E-state index in [9.17, 15) is 4.39 Å². The summed E-state index contributed by atoms with van der Waals surface area (Å²) in [5.74, 6) is 0.473. The van der Waals surface area contributed by atoms with E-state index in [1.54, 1.807) is 6.07 Å². The van der Waals surface area contributed by atoms with Crippen LogP contribution in [-0.4, -0.2) is 13.3 Å². The van der Waals surface area contributed by atoms with Gasteiger partial charge in [0.15, 0.2) is 6.79 Å². The van der Waals surface area contributed by atoms with E-state index in [1.807, 2.05) is 6.92 Å². The van der Waals surface area contributed by atoms with Crippen LogP contribution in [0.3, 0.4) is 0 Å². The minimum absolute atomic E-state index is 0.00162. The van der Waals surface area contributed by atoms with Gasteiger partial charge < -0.3 is 15.2 Å². The molecule has 3 nitrogen and oxygen atoms in total. The molecule has 1 aliphatic rings. The number of fused-ring (bicyclic) bond motifs is 1. The molecule has 2 N–H and O–H groups in total. The third-order valence-electron chi connectivity index (χ3n) is 2.62. The van der Waals surface area contributed by atoms with Crippen LogP contribution in [0.25, 0.3) is 0 Å². The van der Waals surface area contributed by atoms with Crippen LogP contribution in [0, 0.1) is 5.82 Å². The van der Waals surface area contributed by atoms with Crippen molar-refractivity contribution in [2.24, 2.45) is 5.73 Å². The molecule has 0 spiro atoms. The Morgan fingerprint density at radius 3 is 3.07 bits per heavy atom. The average Bonchev–Trinajstić information content (AvgIpc) is 2.27. The Morgan fingerprint density at radius 2 is 2.33 bits per heavy atom. The minimum Gasteiger partial charge on any atom is -0.467 e. The Labute approximate surface area is 88.0 Å². The molecule has 0 amide bonds. The van der Waals surface area contributed by atoms with Gasteiger partial charge in [0, 0.05) is 5.56 Å². The number of benzene rings is 1. The highest BCUT2D eigenvalue weighted by atomic mass is 19.1.